The van der Waals surface area contributed by atoms with Gasteiger partial charge in [-0.05, 0) is 25.2 Å². The van der Waals surface area contributed by atoms with Crippen molar-refractivity contribution in [3.63, 3.8) is 0 Å². The highest BCUT2D eigenvalue weighted by molar-refractivity contribution is 4.84. The Bertz CT molecular complexity index is 402. The number of rotatable bonds is 5. The summed E-state index contributed by atoms with van der Waals surface area (Å²) in [5.41, 5.74) is 0.00361. The van der Waals surface area contributed by atoms with Crippen molar-refractivity contribution in [1.82, 2.24) is 9.13 Å². The van der Waals surface area contributed by atoms with Crippen molar-refractivity contribution in [2.75, 3.05) is 0 Å². The van der Waals surface area contributed by atoms with Crippen molar-refractivity contribution in [2.24, 2.45) is 5.92 Å². The van der Waals surface area contributed by atoms with Gasteiger partial charge < -0.3 is 5.11 Å². The number of aliphatic hydroxyl groups is 1. The molecule has 4 nitrogen and oxygen atoms in total. The zero-order valence-electron chi connectivity index (χ0n) is 10.5. The molecule has 0 spiro atoms. The van der Waals surface area contributed by atoms with Crippen molar-refractivity contribution < 1.29 is 5.11 Å². The summed E-state index contributed by atoms with van der Waals surface area (Å²) in [6.45, 7) is 3.25. The van der Waals surface area contributed by atoms with E-state index in [1.54, 1.807) is 15.3 Å². The van der Waals surface area contributed by atoms with Gasteiger partial charge in [0.25, 0.3) is 0 Å². The van der Waals surface area contributed by atoms with Crippen LogP contribution in [0.4, 0.5) is 0 Å². The highest BCUT2D eigenvalue weighted by Gasteiger charge is 2.23. The smallest absolute Gasteiger partial charge is 0.328 e. The van der Waals surface area contributed by atoms with Gasteiger partial charge in [0.2, 0.25) is 0 Å². The minimum absolute atomic E-state index is 0.00361. The Balaban J connectivity index is 2.00. The summed E-state index contributed by atoms with van der Waals surface area (Å²) in [6, 6.07) is 0. The summed E-state index contributed by atoms with van der Waals surface area (Å²) >= 11 is 0. The first-order valence-corrected chi connectivity index (χ1v) is 6.66. The van der Waals surface area contributed by atoms with Crippen LogP contribution in [0.2, 0.25) is 0 Å². The molecule has 1 aromatic rings. The van der Waals surface area contributed by atoms with Crippen molar-refractivity contribution >= 4 is 0 Å². The lowest BCUT2D eigenvalue weighted by Gasteiger charge is -2.17. The molecule has 4 heteroatoms. The number of aromatic nitrogens is 2. The topological polar surface area (TPSA) is 47.2 Å². The molecule has 1 saturated carbocycles. The number of aliphatic hydroxyl groups excluding tert-OH is 1. The highest BCUT2D eigenvalue weighted by Crippen LogP contribution is 2.28. The molecule has 17 heavy (non-hydrogen) atoms. The Labute approximate surface area is 102 Å². The number of hydrogen-bond acceptors (Lipinski definition) is 2. The third-order valence-electron chi connectivity index (χ3n) is 3.71. The molecule has 0 amide bonds. The maximum atomic E-state index is 11.9. The quantitative estimate of drug-likeness (QED) is 0.847. The molecule has 1 heterocycles. The normalized spacial score (nSPS) is 18.7. The van der Waals surface area contributed by atoms with Crippen LogP contribution in [0.3, 0.4) is 0 Å². The fourth-order valence-corrected chi connectivity index (χ4v) is 2.70. The van der Waals surface area contributed by atoms with Gasteiger partial charge in [-0.3, -0.25) is 9.13 Å². The van der Waals surface area contributed by atoms with E-state index in [-0.39, 0.29) is 11.8 Å². The first kappa shape index (κ1) is 12.4. The van der Waals surface area contributed by atoms with Crippen LogP contribution in [0, 0.1) is 5.92 Å². The molecule has 96 valence electrons. The Kier molecular flexibility index (Phi) is 4.05. The molecule has 1 aliphatic rings. The second kappa shape index (κ2) is 5.54. The zero-order valence-corrected chi connectivity index (χ0v) is 10.5. The maximum absolute atomic E-state index is 11.9. The maximum Gasteiger partial charge on any atom is 0.328 e. The summed E-state index contributed by atoms with van der Waals surface area (Å²) in [5.74, 6) is 0.386. The van der Waals surface area contributed by atoms with Crippen molar-refractivity contribution in [1.29, 1.82) is 0 Å². The molecule has 0 bridgehead atoms. The number of imidazole rings is 1. The fraction of sp³-hybridized carbons (Fsp3) is 0.769. The molecule has 0 saturated heterocycles. The number of nitrogens with zero attached hydrogens (tertiary/aromatic N) is 2. The van der Waals surface area contributed by atoms with Crippen molar-refractivity contribution in [3.05, 3.63) is 22.9 Å². The minimum atomic E-state index is -0.368. The van der Waals surface area contributed by atoms with Crippen LogP contribution in [-0.2, 0) is 13.1 Å². The standard InChI is InChI=1S/C13H22N2O2/c1-2-7-14-8-9-15(13(14)17)10-12(16)11-5-3-4-6-11/h8-9,11-12,16H,2-7,10H2,1H3. The molecule has 2 rings (SSSR count). The van der Waals surface area contributed by atoms with E-state index in [4.69, 9.17) is 0 Å². The summed E-state index contributed by atoms with van der Waals surface area (Å²) in [7, 11) is 0. The predicted molar refractivity (Wildman–Crippen MR) is 66.9 cm³/mol. The molecular weight excluding hydrogens is 216 g/mol. The van der Waals surface area contributed by atoms with Crippen LogP contribution in [0.1, 0.15) is 39.0 Å². The van der Waals surface area contributed by atoms with Crippen LogP contribution in [0.25, 0.3) is 0 Å². The van der Waals surface area contributed by atoms with E-state index < -0.39 is 0 Å². The van der Waals surface area contributed by atoms with Gasteiger partial charge >= 0.3 is 5.69 Å². The third-order valence-corrected chi connectivity index (χ3v) is 3.71. The van der Waals surface area contributed by atoms with E-state index in [1.165, 1.54) is 12.8 Å². The third kappa shape index (κ3) is 2.80. The van der Waals surface area contributed by atoms with E-state index in [0.29, 0.717) is 12.5 Å². The van der Waals surface area contributed by atoms with Gasteiger partial charge in [-0.1, -0.05) is 19.8 Å². The van der Waals surface area contributed by atoms with E-state index in [1.807, 2.05) is 6.20 Å². The van der Waals surface area contributed by atoms with Crippen LogP contribution in [0.15, 0.2) is 17.2 Å². The monoisotopic (exact) mass is 238 g/mol. The van der Waals surface area contributed by atoms with Crippen LogP contribution >= 0.6 is 0 Å². The molecule has 1 atom stereocenters. The van der Waals surface area contributed by atoms with Gasteiger partial charge in [0, 0.05) is 18.9 Å². The molecule has 0 radical (unpaired) electrons. The average Bonchev–Trinajstić information content (AvgIpc) is 2.94. The SMILES string of the molecule is CCCn1ccn(CC(O)C2CCCC2)c1=O. The average molecular weight is 238 g/mol. The van der Waals surface area contributed by atoms with Crippen LogP contribution in [0.5, 0.6) is 0 Å². The second-order valence-corrected chi connectivity index (χ2v) is 5.04. The Morgan fingerprint density at radius 3 is 2.65 bits per heavy atom. The molecule has 1 aromatic heterocycles. The van der Waals surface area contributed by atoms with Gasteiger partial charge in [-0.15, -0.1) is 0 Å². The Morgan fingerprint density at radius 2 is 2.00 bits per heavy atom. The first-order valence-electron chi connectivity index (χ1n) is 6.66. The molecule has 1 N–H and O–H groups in total. The molecule has 1 aliphatic carbocycles. The second-order valence-electron chi connectivity index (χ2n) is 5.04. The summed E-state index contributed by atoms with van der Waals surface area (Å²) in [6.07, 6.45) is 8.82. The van der Waals surface area contributed by atoms with Gasteiger partial charge in [0.15, 0.2) is 0 Å². The molecule has 1 fully saturated rings. The molecule has 0 aromatic carbocycles. The van der Waals surface area contributed by atoms with E-state index in [0.717, 1.165) is 25.8 Å². The lowest BCUT2D eigenvalue weighted by atomic mass is 10.0. The summed E-state index contributed by atoms with van der Waals surface area (Å²) < 4.78 is 3.35. The highest BCUT2D eigenvalue weighted by atomic mass is 16.3. The van der Waals surface area contributed by atoms with Crippen molar-refractivity contribution in [2.45, 2.75) is 58.2 Å². The van der Waals surface area contributed by atoms with Crippen LogP contribution in [-0.4, -0.2) is 20.3 Å². The lowest BCUT2D eigenvalue weighted by molar-refractivity contribution is 0.0919. The summed E-state index contributed by atoms with van der Waals surface area (Å²) in [4.78, 5) is 11.9. The predicted octanol–water partition coefficient (Wildman–Crippen LogP) is 1.61. The molecule has 0 aliphatic heterocycles. The lowest BCUT2D eigenvalue weighted by Crippen LogP contribution is -2.31. The van der Waals surface area contributed by atoms with E-state index >= 15 is 0 Å². The summed E-state index contributed by atoms with van der Waals surface area (Å²) in [5, 5.41) is 10.1. The van der Waals surface area contributed by atoms with Crippen molar-refractivity contribution in [3.8, 4) is 0 Å². The van der Waals surface area contributed by atoms with Gasteiger partial charge in [-0.2, -0.15) is 0 Å². The van der Waals surface area contributed by atoms with Crippen LogP contribution < -0.4 is 5.69 Å². The Hall–Kier alpha value is -1.03. The van der Waals surface area contributed by atoms with E-state index in [9.17, 15) is 9.90 Å². The number of hydrogen-bond donors (Lipinski definition) is 1. The number of aryl methyl sites for hydroxylation is 1. The van der Waals surface area contributed by atoms with Gasteiger partial charge in [0.05, 0.1) is 12.6 Å². The van der Waals surface area contributed by atoms with Gasteiger partial charge in [-0.25, -0.2) is 4.79 Å². The first-order chi connectivity index (χ1) is 8.22. The minimum Gasteiger partial charge on any atom is -0.391 e. The molecule has 1 unspecified atom stereocenters. The fourth-order valence-electron chi connectivity index (χ4n) is 2.70. The molecular formula is C13H22N2O2. The van der Waals surface area contributed by atoms with Gasteiger partial charge in [0.1, 0.15) is 0 Å². The zero-order chi connectivity index (χ0) is 12.3. The van der Waals surface area contributed by atoms with E-state index in [2.05, 4.69) is 6.92 Å². The largest absolute Gasteiger partial charge is 0.391 e. The Morgan fingerprint density at radius 1 is 1.35 bits per heavy atom.